The van der Waals surface area contributed by atoms with E-state index in [0.29, 0.717) is 0 Å². The average molecular weight is 336 g/mol. The molecular weight excluding hydrogens is 317 g/mol. The maximum atomic E-state index is 13.5. The van der Waals surface area contributed by atoms with Crippen LogP contribution < -0.4 is 5.32 Å². The summed E-state index contributed by atoms with van der Waals surface area (Å²) in [5.41, 5.74) is 5.52. The van der Waals surface area contributed by atoms with Crippen LogP contribution in [-0.2, 0) is 0 Å². The summed E-state index contributed by atoms with van der Waals surface area (Å²) in [4.78, 5) is 0. The van der Waals surface area contributed by atoms with Crippen LogP contribution in [0.1, 0.15) is 33.9 Å². The van der Waals surface area contributed by atoms with Crippen LogP contribution in [0.25, 0.3) is 0 Å². The molecule has 0 radical (unpaired) electrons. The van der Waals surface area contributed by atoms with Crippen LogP contribution in [0.2, 0.25) is 0 Å². The number of halogens is 2. The molecular formula is C17H19BrFN. The highest BCUT2D eigenvalue weighted by Gasteiger charge is 2.19. The predicted octanol–water partition coefficient (Wildman–Crippen LogP) is 4.82. The molecule has 1 atom stereocenters. The fourth-order valence-corrected chi connectivity index (χ4v) is 3.13. The molecule has 1 unspecified atom stereocenters. The summed E-state index contributed by atoms with van der Waals surface area (Å²) < 4.78 is 14.5. The molecule has 2 aromatic carbocycles. The first kappa shape index (κ1) is 15.2. The largest absolute Gasteiger partial charge is 0.309 e. The van der Waals surface area contributed by atoms with Crippen molar-refractivity contribution < 1.29 is 4.39 Å². The highest BCUT2D eigenvalue weighted by molar-refractivity contribution is 9.10. The molecule has 0 saturated carbocycles. The third kappa shape index (κ3) is 2.94. The Morgan fingerprint density at radius 2 is 1.60 bits per heavy atom. The van der Waals surface area contributed by atoms with E-state index in [1.807, 2.05) is 27.0 Å². The molecule has 0 saturated heterocycles. The molecule has 0 aliphatic carbocycles. The van der Waals surface area contributed by atoms with Crippen LogP contribution in [0.3, 0.4) is 0 Å². The lowest BCUT2D eigenvalue weighted by molar-refractivity contribution is 0.618. The van der Waals surface area contributed by atoms with Crippen LogP contribution in [0.15, 0.2) is 34.8 Å². The molecule has 1 N–H and O–H groups in total. The molecule has 3 heteroatoms. The number of aryl methyl sites for hydroxylation is 3. The van der Waals surface area contributed by atoms with Gasteiger partial charge in [0.2, 0.25) is 0 Å². The van der Waals surface area contributed by atoms with Gasteiger partial charge in [-0.1, -0.05) is 22.0 Å². The summed E-state index contributed by atoms with van der Waals surface area (Å²) in [7, 11) is 1.94. The standard InChI is InChI=1S/C17H19BrFN/c1-10-5-6-13(18)9-15(10)17(20-4)16-11(2)7-14(19)8-12(16)3/h5-9,17,20H,1-4H3. The van der Waals surface area contributed by atoms with Crippen molar-refractivity contribution in [3.05, 3.63) is 68.4 Å². The molecule has 0 aromatic heterocycles. The summed E-state index contributed by atoms with van der Waals surface area (Å²) in [6.07, 6.45) is 0. The topological polar surface area (TPSA) is 12.0 Å². The summed E-state index contributed by atoms with van der Waals surface area (Å²) >= 11 is 3.53. The molecule has 0 amide bonds. The zero-order chi connectivity index (χ0) is 14.9. The Hall–Kier alpha value is -1.19. The van der Waals surface area contributed by atoms with Gasteiger partial charge in [0.1, 0.15) is 5.82 Å². The second-order valence-corrected chi connectivity index (χ2v) is 6.09. The van der Waals surface area contributed by atoms with Gasteiger partial charge in [0.25, 0.3) is 0 Å². The molecule has 0 spiro atoms. The molecule has 0 aliphatic heterocycles. The van der Waals surface area contributed by atoms with Crippen LogP contribution in [-0.4, -0.2) is 7.05 Å². The van der Waals surface area contributed by atoms with E-state index in [9.17, 15) is 4.39 Å². The van der Waals surface area contributed by atoms with Crippen LogP contribution >= 0.6 is 15.9 Å². The van der Waals surface area contributed by atoms with Gasteiger partial charge in [0, 0.05) is 4.47 Å². The third-order valence-electron chi connectivity index (χ3n) is 3.69. The third-order valence-corrected chi connectivity index (χ3v) is 4.18. The van der Waals surface area contributed by atoms with E-state index in [0.717, 1.165) is 21.2 Å². The fourth-order valence-electron chi connectivity index (χ4n) is 2.75. The number of hydrogen-bond acceptors (Lipinski definition) is 1. The van der Waals surface area contributed by atoms with Gasteiger partial charge in [0.15, 0.2) is 0 Å². The summed E-state index contributed by atoms with van der Waals surface area (Å²) in [6, 6.07) is 9.51. The zero-order valence-corrected chi connectivity index (χ0v) is 13.8. The first-order valence-corrected chi connectivity index (χ1v) is 7.43. The summed E-state index contributed by atoms with van der Waals surface area (Å²) in [5.74, 6) is -0.176. The van der Waals surface area contributed by atoms with Crippen molar-refractivity contribution in [2.24, 2.45) is 0 Å². The zero-order valence-electron chi connectivity index (χ0n) is 12.2. The minimum Gasteiger partial charge on any atom is -0.309 e. The van der Waals surface area contributed by atoms with E-state index in [4.69, 9.17) is 0 Å². The van der Waals surface area contributed by atoms with E-state index in [2.05, 4.69) is 40.3 Å². The molecule has 1 nitrogen and oxygen atoms in total. The number of hydrogen-bond donors (Lipinski definition) is 1. The minimum atomic E-state index is -0.176. The molecule has 2 aromatic rings. The van der Waals surface area contributed by atoms with Gasteiger partial charge in [-0.05, 0) is 79.9 Å². The van der Waals surface area contributed by atoms with Gasteiger partial charge in [-0.2, -0.15) is 0 Å². The van der Waals surface area contributed by atoms with E-state index in [1.54, 1.807) is 12.1 Å². The maximum Gasteiger partial charge on any atom is 0.123 e. The lowest BCUT2D eigenvalue weighted by Gasteiger charge is -2.23. The first-order chi connectivity index (χ1) is 9.43. The normalized spacial score (nSPS) is 12.5. The highest BCUT2D eigenvalue weighted by Crippen LogP contribution is 2.31. The molecule has 2 rings (SSSR count). The predicted molar refractivity (Wildman–Crippen MR) is 85.7 cm³/mol. The van der Waals surface area contributed by atoms with E-state index in [1.165, 1.54) is 11.1 Å². The van der Waals surface area contributed by atoms with Gasteiger partial charge in [0.05, 0.1) is 6.04 Å². The lowest BCUT2D eigenvalue weighted by atomic mass is 9.89. The Kier molecular flexibility index (Phi) is 4.61. The van der Waals surface area contributed by atoms with Crippen molar-refractivity contribution in [2.75, 3.05) is 7.05 Å². The highest BCUT2D eigenvalue weighted by atomic mass is 79.9. The molecule has 0 fully saturated rings. The number of nitrogens with one attached hydrogen (secondary N) is 1. The molecule has 20 heavy (non-hydrogen) atoms. The average Bonchev–Trinajstić information content (AvgIpc) is 2.37. The maximum absolute atomic E-state index is 13.5. The Bertz CT molecular complexity index is 614. The minimum absolute atomic E-state index is 0.0631. The van der Waals surface area contributed by atoms with Gasteiger partial charge in [-0.25, -0.2) is 4.39 Å². The van der Waals surface area contributed by atoms with Gasteiger partial charge < -0.3 is 5.32 Å². The molecule has 0 aliphatic rings. The van der Waals surface area contributed by atoms with Crippen LogP contribution in [0, 0.1) is 26.6 Å². The van der Waals surface area contributed by atoms with Crippen molar-refractivity contribution >= 4 is 15.9 Å². The van der Waals surface area contributed by atoms with Gasteiger partial charge in [-0.15, -0.1) is 0 Å². The van der Waals surface area contributed by atoms with E-state index < -0.39 is 0 Å². The van der Waals surface area contributed by atoms with Crippen molar-refractivity contribution in [3.63, 3.8) is 0 Å². The second-order valence-electron chi connectivity index (χ2n) is 5.18. The molecule has 0 bridgehead atoms. The SMILES string of the molecule is CNC(c1cc(Br)ccc1C)c1c(C)cc(F)cc1C. The number of benzene rings is 2. The Morgan fingerprint density at radius 1 is 1.00 bits per heavy atom. The quantitative estimate of drug-likeness (QED) is 0.847. The lowest BCUT2D eigenvalue weighted by Crippen LogP contribution is -2.21. The van der Waals surface area contributed by atoms with Crippen molar-refractivity contribution in [2.45, 2.75) is 26.8 Å². The summed E-state index contributed by atoms with van der Waals surface area (Å²) in [6.45, 7) is 6.02. The first-order valence-electron chi connectivity index (χ1n) is 6.64. The van der Waals surface area contributed by atoms with Crippen LogP contribution in [0.5, 0.6) is 0 Å². The van der Waals surface area contributed by atoms with Crippen molar-refractivity contribution in [1.29, 1.82) is 0 Å². The Morgan fingerprint density at radius 3 is 2.15 bits per heavy atom. The Balaban J connectivity index is 2.61. The molecule has 0 heterocycles. The summed E-state index contributed by atoms with van der Waals surface area (Å²) in [5, 5.41) is 3.36. The van der Waals surface area contributed by atoms with Crippen molar-refractivity contribution in [1.82, 2.24) is 5.32 Å². The van der Waals surface area contributed by atoms with Gasteiger partial charge in [-0.3, -0.25) is 0 Å². The van der Waals surface area contributed by atoms with E-state index >= 15 is 0 Å². The molecule has 106 valence electrons. The van der Waals surface area contributed by atoms with Crippen LogP contribution in [0.4, 0.5) is 4.39 Å². The monoisotopic (exact) mass is 335 g/mol. The van der Waals surface area contributed by atoms with Gasteiger partial charge >= 0.3 is 0 Å². The number of rotatable bonds is 3. The second kappa shape index (κ2) is 6.06. The smallest absolute Gasteiger partial charge is 0.123 e. The van der Waals surface area contributed by atoms with E-state index in [-0.39, 0.29) is 11.9 Å². The Labute approximate surface area is 128 Å². The van der Waals surface area contributed by atoms with Crippen molar-refractivity contribution in [3.8, 4) is 0 Å². The fraction of sp³-hybridized carbons (Fsp3) is 0.294.